The molecule has 1 aromatic rings. The molecule has 0 fully saturated rings. The number of aliphatic hydroxyl groups is 1. The van der Waals surface area contributed by atoms with Gasteiger partial charge in [-0.15, -0.1) is 0 Å². The van der Waals surface area contributed by atoms with Gasteiger partial charge in [0.15, 0.2) is 0 Å². The number of hydrogen-bond donors (Lipinski definition) is 3. The summed E-state index contributed by atoms with van der Waals surface area (Å²) in [5.41, 5.74) is 3.20. The Hall–Kier alpha value is -1.06. The van der Waals surface area contributed by atoms with E-state index in [0.717, 1.165) is 17.5 Å². The monoisotopic (exact) mass is 223 g/mol. The molecule has 0 spiro atoms. The summed E-state index contributed by atoms with van der Waals surface area (Å²) in [4.78, 5) is 0. The van der Waals surface area contributed by atoms with Gasteiger partial charge in [0.05, 0.1) is 0 Å². The van der Waals surface area contributed by atoms with E-state index in [9.17, 15) is 5.11 Å². The van der Waals surface area contributed by atoms with Crippen molar-refractivity contribution in [2.24, 2.45) is 0 Å². The molecule has 0 bridgehead atoms. The molecule has 0 heterocycles. The quantitative estimate of drug-likeness (QED) is 0.714. The zero-order valence-electron chi connectivity index (χ0n) is 10.2. The average Bonchev–Trinajstić information content (AvgIpc) is 2.22. The summed E-state index contributed by atoms with van der Waals surface area (Å²) >= 11 is 0. The minimum absolute atomic E-state index is 0.188. The minimum atomic E-state index is 0.188. The van der Waals surface area contributed by atoms with Crippen LogP contribution in [0.4, 0.5) is 0 Å². The lowest BCUT2D eigenvalue weighted by molar-refractivity contribution is 0.268. The summed E-state index contributed by atoms with van der Waals surface area (Å²) in [6.45, 7) is 6.87. The number of benzene rings is 1. The standard InChI is InChI=1S/C13H21NO2/c1-9-6-12(13(16)7-10(9)2)8-14-11(3)4-5-15/h6-7,11,14-16H,4-5,8H2,1-3H3/t11-/m1/s1. The number of aryl methyl sites for hydroxylation is 2. The molecule has 0 aliphatic rings. The first-order chi connectivity index (χ1) is 7.54. The Morgan fingerprint density at radius 2 is 1.88 bits per heavy atom. The lowest BCUT2D eigenvalue weighted by atomic mass is 10.0. The lowest BCUT2D eigenvalue weighted by Crippen LogP contribution is -2.26. The molecule has 1 atom stereocenters. The zero-order chi connectivity index (χ0) is 12.1. The Labute approximate surface area is 97.1 Å². The van der Waals surface area contributed by atoms with Gasteiger partial charge in [-0.2, -0.15) is 0 Å². The molecule has 0 saturated carbocycles. The first-order valence-electron chi connectivity index (χ1n) is 5.68. The Bertz CT molecular complexity index is 350. The van der Waals surface area contributed by atoms with Gasteiger partial charge in [0.25, 0.3) is 0 Å². The third-order valence-corrected chi connectivity index (χ3v) is 2.90. The van der Waals surface area contributed by atoms with Gasteiger partial charge in [-0.1, -0.05) is 6.07 Å². The summed E-state index contributed by atoms with van der Waals surface area (Å²) in [5, 5.41) is 21.8. The number of rotatable bonds is 5. The third-order valence-electron chi connectivity index (χ3n) is 2.90. The third kappa shape index (κ3) is 3.51. The van der Waals surface area contributed by atoms with Crippen molar-refractivity contribution in [3.8, 4) is 5.75 Å². The van der Waals surface area contributed by atoms with Crippen molar-refractivity contribution in [1.29, 1.82) is 0 Å². The second-order valence-electron chi connectivity index (χ2n) is 4.36. The maximum absolute atomic E-state index is 9.77. The van der Waals surface area contributed by atoms with Crippen LogP contribution in [0.15, 0.2) is 12.1 Å². The second-order valence-corrected chi connectivity index (χ2v) is 4.36. The normalized spacial score (nSPS) is 12.8. The molecule has 0 radical (unpaired) electrons. The fourth-order valence-electron chi connectivity index (χ4n) is 1.58. The van der Waals surface area contributed by atoms with Crippen LogP contribution in [0.1, 0.15) is 30.0 Å². The smallest absolute Gasteiger partial charge is 0.120 e. The van der Waals surface area contributed by atoms with Crippen LogP contribution < -0.4 is 5.32 Å². The molecule has 1 aromatic carbocycles. The number of hydrogen-bond acceptors (Lipinski definition) is 3. The average molecular weight is 223 g/mol. The van der Waals surface area contributed by atoms with Gasteiger partial charge in [0.1, 0.15) is 5.75 Å². The highest BCUT2D eigenvalue weighted by molar-refractivity contribution is 5.40. The molecule has 3 N–H and O–H groups in total. The van der Waals surface area contributed by atoms with Crippen molar-refractivity contribution in [1.82, 2.24) is 5.32 Å². The van der Waals surface area contributed by atoms with Crippen LogP contribution in [0.25, 0.3) is 0 Å². The number of phenols is 1. The van der Waals surface area contributed by atoms with Crippen molar-refractivity contribution >= 4 is 0 Å². The van der Waals surface area contributed by atoms with Gasteiger partial charge in [-0.05, 0) is 44.4 Å². The van der Waals surface area contributed by atoms with Crippen molar-refractivity contribution in [2.45, 2.75) is 39.8 Å². The fourth-order valence-corrected chi connectivity index (χ4v) is 1.58. The lowest BCUT2D eigenvalue weighted by Gasteiger charge is -2.14. The molecule has 0 aliphatic heterocycles. The Morgan fingerprint density at radius 3 is 2.50 bits per heavy atom. The van der Waals surface area contributed by atoms with E-state index >= 15 is 0 Å². The molecular formula is C13H21NO2. The van der Waals surface area contributed by atoms with Crippen LogP contribution in [0.2, 0.25) is 0 Å². The maximum atomic E-state index is 9.77. The molecule has 0 aromatic heterocycles. The largest absolute Gasteiger partial charge is 0.508 e. The van der Waals surface area contributed by atoms with Crippen LogP contribution in [-0.2, 0) is 6.54 Å². The van der Waals surface area contributed by atoms with Crippen LogP contribution in [0.3, 0.4) is 0 Å². The summed E-state index contributed by atoms with van der Waals surface area (Å²) in [5.74, 6) is 0.340. The zero-order valence-corrected chi connectivity index (χ0v) is 10.2. The van der Waals surface area contributed by atoms with Gasteiger partial charge in [-0.3, -0.25) is 0 Å². The second kappa shape index (κ2) is 5.87. The van der Waals surface area contributed by atoms with Crippen LogP contribution in [-0.4, -0.2) is 22.9 Å². The summed E-state index contributed by atoms with van der Waals surface area (Å²) < 4.78 is 0. The highest BCUT2D eigenvalue weighted by Gasteiger charge is 2.06. The predicted molar refractivity (Wildman–Crippen MR) is 65.6 cm³/mol. The minimum Gasteiger partial charge on any atom is -0.508 e. The Kier molecular flexibility index (Phi) is 4.77. The van der Waals surface area contributed by atoms with E-state index in [-0.39, 0.29) is 12.6 Å². The first-order valence-corrected chi connectivity index (χ1v) is 5.68. The topological polar surface area (TPSA) is 52.5 Å². The van der Waals surface area contributed by atoms with E-state index in [0.29, 0.717) is 12.3 Å². The van der Waals surface area contributed by atoms with Crippen LogP contribution >= 0.6 is 0 Å². The molecule has 1 rings (SSSR count). The Morgan fingerprint density at radius 1 is 1.25 bits per heavy atom. The molecule has 3 heteroatoms. The summed E-state index contributed by atoms with van der Waals surface area (Å²) in [6.07, 6.45) is 0.728. The first kappa shape index (κ1) is 13.0. The van der Waals surface area contributed by atoms with Gasteiger partial charge >= 0.3 is 0 Å². The van der Waals surface area contributed by atoms with Crippen molar-refractivity contribution < 1.29 is 10.2 Å². The highest BCUT2D eigenvalue weighted by Crippen LogP contribution is 2.21. The highest BCUT2D eigenvalue weighted by atomic mass is 16.3. The van der Waals surface area contributed by atoms with E-state index in [1.54, 1.807) is 6.07 Å². The predicted octanol–water partition coefficient (Wildman–Crippen LogP) is 1.87. The van der Waals surface area contributed by atoms with E-state index in [2.05, 4.69) is 5.32 Å². The molecule has 90 valence electrons. The van der Waals surface area contributed by atoms with E-state index in [4.69, 9.17) is 5.11 Å². The van der Waals surface area contributed by atoms with Crippen molar-refractivity contribution in [3.05, 3.63) is 28.8 Å². The van der Waals surface area contributed by atoms with E-state index in [1.165, 1.54) is 5.56 Å². The van der Waals surface area contributed by atoms with Gasteiger partial charge in [0, 0.05) is 24.8 Å². The molecule has 0 saturated heterocycles. The van der Waals surface area contributed by atoms with Gasteiger partial charge in [-0.25, -0.2) is 0 Å². The van der Waals surface area contributed by atoms with E-state index < -0.39 is 0 Å². The molecule has 16 heavy (non-hydrogen) atoms. The fraction of sp³-hybridized carbons (Fsp3) is 0.538. The SMILES string of the molecule is Cc1cc(O)c(CN[C@H](C)CCO)cc1C. The molecule has 3 nitrogen and oxygen atoms in total. The molecule has 0 amide bonds. The van der Waals surface area contributed by atoms with Gasteiger partial charge < -0.3 is 15.5 Å². The number of aromatic hydroxyl groups is 1. The van der Waals surface area contributed by atoms with Crippen molar-refractivity contribution in [2.75, 3.05) is 6.61 Å². The van der Waals surface area contributed by atoms with Gasteiger partial charge in [0.2, 0.25) is 0 Å². The van der Waals surface area contributed by atoms with Crippen LogP contribution in [0, 0.1) is 13.8 Å². The molecule has 0 aliphatic carbocycles. The number of phenolic OH excluding ortho intramolecular Hbond substituents is 1. The molecular weight excluding hydrogens is 202 g/mol. The Balaban J connectivity index is 2.63. The molecule has 0 unspecified atom stereocenters. The summed E-state index contributed by atoms with van der Waals surface area (Å²) in [7, 11) is 0. The van der Waals surface area contributed by atoms with Crippen LogP contribution in [0.5, 0.6) is 5.75 Å². The van der Waals surface area contributed by atoms with E-state index in [1.807, 2.05) is 26.8 Å². The summed E-state index contributed by atoms with van der Waals surface area (Å²) in [6, 6.07) is 4.05. The van der Waals surface area contributed by atoms with Crippen molar-refractivity contribution in [3.63, 3.8) is 0 Å². The number of nitrogens with one attached hydrogen (secondary N) is 1. The maximum Gasteiger partial charge on any atom is 0.120 e. The number of aliphatic hydroxyl groups excluding tert-OH is 1.